The lowest BCUT2D eigenvalue weighted by atomic mass is 10.1. The number of carboxylic acids is 1. The summed E-state index contributed by atoms with van der Waals surface area (Å²) in [7, 11) is 0. The molecule has 0 spiro atoms. The summed E-state index contributed by atoms with van der Waals surface area (Å²) in [5, 5.41) is 15.5. The monoisotopic (exact) mass is 348 g/mol. The molecule has 0 aliphatic carbocycles. The highest BCUT2D eigenvalue weighted by molar-refractivity contribution is 5.94. The zero-order valence-corrected chi connectivity index (χ0v) is 14.2. The van der Waals surface area contributed by atoms with E-state index in [0.29, 0.717) is 17.5 Å². The highest BCUT2D eigenvalue weighted by Gasteiger charge is 2.09. The van der Waals surface area contributed by atoms with E-state index in [9.17, 15) is 9.90 Å². The van der Waals surface area contributed by atoms with Gasteiger partial charge in [-0.05, 0) is 36.6 Å². The minimum absolute atomic E-state index is 0.198. The Morgan fingerprint density at radius 3 is 2.58 bits per heavy atom. The number of aromatic nitrogens is 2. The number of hydrogen-bond donors (Lipinski definition) is 3. The van der Waals surface area contributed by atoms with Crippen LogP contribution in [0.1, 0.15) is 22.3 Å². The number of nitrogens with one attached hydrogen (secondary N) is 2. The molecule has 0 aliphatic rings. The Balaban J connectivity index is 1.57. The van der Waals surface area contributed by atoms with Gasteiger partial charge in [0.15, 0.2) is 0 Å². The second-order valence-electron chi connectivity index (χ2n) is 5.76. The maximum absolute atomic E-state index is 11.3. The zero-order valence-electron chi connectivity index (χ0n) is 14.2. The molecular weight excluding hydrogens is 328 g/mol. The molecule has 0 atom stereocenters. The van der Waals surface area contributed by atoms with Gasteiger partial charge in [0, 0.05) is 12.7 Å². The third-order valence-electron chi connectivity index (χ3n) is 3.84. The number of anilines is 3. The predicted octanol–water partition coefficient (Wildman–Crippen LogP) is 3.96. The first-order valence-corrected chi connectivity index (χ1v) is 8.42. The summed E-state index contributed by atoms with van der Waals surface area (Å²) in [6, 6.07) is 18.7. The molecule has 0 radical (unpaired) electrons. The summed E-state index contributed by atoms with van der Waals surface area (Å²) in [6.45, 7) is 0.754. The minimum atomic E-state index is -0.985. The van der Waals surface area contributed by atoms with E-state index in [-0.39, 0.29) is 5.56 Å². The molecule has 6 heteroatoms. The molecule has 132 valence electrons. The van der Waals surface area contributed by atoms with E-state index in [1.54, 1.807) is 36.5 Å². The van der Waals surface area contributed by atoms with Gasteiger partial charge >= 0.3 is 5.97 Å². The van der Waals surface area contributed by atoms with Gasteiger partial charge in [-0.25, -0.2) is 9.78 Å². The summed E-state index contributed by atoms with van der Waals surface area (Å²) in [6.07, 6.45) is 3.59. The number of para-hydroxylation sites is 1. The lowest BCUT2D eigenvalue weighted by molar-refractivity contribution is 0.0698. The van der Waals surface area contributed by atoms with Crippen LogP contribution in [0, 0.1) is 0 Å². The summed E-state index contributed by atoms with van der Waals surface area (Å²) >= 11 is 0. The molecule has 0 bridgehead atoms. The standard InChI is InChI=1S/C20H20N4O2/c25-19(26)16-10-4-5-11-17(16)23-18-12-14-22-20(24-18)21-13-6-9-15-7-2-1-3-8-15/h1-5,7-8,10-12,14H,6,9,13H2,(H,25,26)(H2,21,22,23,24). The van der Waals surface area contributed by atoms with Crippen molar-refractivity contribution in [1.29, 1.82) is 0 Å². The van der Waals surface area contributed by atoms with Crippen molar-refractivity contribution in [1.82, 2.24) is 9.97 Å². The maximum Gasteiger partial charge on any atom is 0.337 e. The van der Waals surface area contributed by atoms with Crippen molar-refractivity contribution in [3.63, 3.8) is 0 Å². The summed E-state index contributed by atoms with van der Waals surface area (Å²) < 4.78 is 0. The number of carboxylic acid groups (broad SMARTS) is 1. The SMILES string of the molecule is O=C(O)c1ccccc1Nc1ccnc(NCCCc2ccccc2)n1. The molecular formula is C20H20N4O2. The molecule has 0 saturated carbocycles. The molecule has 0 aliphatic heterocycles. The topological polar surface area (TPSA) is 87.1 Å². The average Bonchev–Trinajstić information content (AvgIpc) is 2.67. The van der Waals surface area contributed by atoms with Crippen LogP contribution >= 0.6 is 0 Å². The number of carbonyl (C=O) groups is 1. The lowest BCUT2D eigenvalue weighted by Gasteiger charge is -2.10. The van der Waals surface area contributed by atoms with Gasteiger partial charge in [-0.3, -0.25) is 0 Å². The fraction of sp³-hybridized carbons (Fsp3) is 0.150. The number of hydrogen-bond acceptors (Lipinski definition) is 5. The fourth-order valence-corrected chi connectivity index (χ4v) is 2.57. The van der Waals surface area contributed by atoms with Crippen LogP contribution in [0.2, 0.25) is 0 Å². The van der Waals surface area contributed by atoms with Crippen molar-refractivity contribution in [3.8, 4) is 0 Å². The van der Waals surface area contributed by atoms with Gasteiger partial charge in [0.2, 0.25) is 5.95 Å². The molecule has 6 nitrogen and oxygen atoms in total. The van der Waals surface area contributed by atoms with Crippen LogP contribution in [0.5, 0.6) is 0 Å². The van der Waals surface area contributed by atoms with Gasteiger partial charge in [-0.15, -0.1) is 0 Å². The summed E-state index contributed by atoms with van der Waals surface area (Å²) in [5.74, 6) is 0.0662. The van der Waals surface area contributed by atoms with E-state index in [1.165, 1.54) is 5.56 Å². The van der Waals surface area contributed by atoms with Crippen molar-refractivity contribution in [2.24, 2.45) is 0 Å². The molecule has 0 unspecified atom stereocenters. The average molecular weight is 348 g/mol. The van der Waals surface area contributed by atoms with Gasteiger partial charge in [-0.1, -0.05) is 42.5 Å². The van der Waals surface area contributed by atoms with Crippen molar-refractivity contribution in [3.05, 3.63) is 78.0 Å². The highest BCUT2D eigenvalue weighted by atomic mass is 16.4. The first kappa shape index (κ1) is 17.4. The lowest BCUT2D eigenvalue weighted by Crippen LogP contribution is -2.08. The van der Waals surface area contributed by atoms with Gasteiger partial charge < -0.3 is 15.7 Å². The second kappa shape index (κ2) is 8.62. The van der Waals surface area contributed by atoms with Crippen LogP contribution in [0.25, 0.3) is 0 Å². The van der Waals surface area contributed by atoms with Gasteiger partial charge in [-0.2, -0.15) is 4.98 Å². The van der Waals surface area contributed by atoms with E-state index in [1.807, 2.05) is 18.2 Å². The molecule has 0 amide bonds. The first-order valence-electron chi connectivity index (χ1n) is 8.42. The Bertz CT molecular complexity index is 868. The Hall–Kier alpha value is -3.41. The first-order chi connectivity index (χ1) is 12.7. The smallest absolute Gasteiger partial charge is 0.337 e. The minimum Gasteiger partial charge on any atom is -0.478 e. The largest absolute Gasteiger partial charge is 0.478 e. The van der Waals surface area contributed by atoms with E-state index < -0.39 is 5.97 Å². The number of rotatable bonds is 8. The molecule has 1 heterocycles. The van der Waals surface area contributed by atoms with E-state index in [2.05, 4.69) is 32.7 Å². The fourth-order valence-electron chi connectivity index (χ4n) is 2.57. The van der Waals surface area contributed by atoms with Crippen LogP contribution in [0.4, 0.5) is 17.5 Å². The molecule has 3 rings (SSSR count). The van der Waals surface area contributed by atoms with Crippen LogP contribution in [-0.2, 0) is 6.42 Å². The number of nitrogens with zero attached hydrogens (tertiary/aromatic N) is 2. The number of benzene rings is 2. The van der Waals surface area contributed by atoms with Crippen molar-refractivity contribution in [2.75, 3.05) is 17.2 Å². The van der Waals surface area contributed by atoms with Crippen molar-refractivity contribution >= 4 is 23.4 Å². The van der Waals surface area contributed by atoms with Crippen LogP contribution in [0.15, 0.2) is 66.9 Å². The quantitative estimate of drug-likeness (QED) is 0.534. The van der Waals surface area contributed by atoms with Crippen LogP contribution in [-0.4, -0.2) is 27.6 Å². The normalized spacial score (nSPS) is 10.3. The van der Waals surface area contributed by atoms with E-state index in [0.717, 1.165) is 19.4 Å². The molecule has 26 heavy (non-hydrogen) atoms. The highest BCUT2D eigenvalue weighted by Crippen LogP contribution is 2.20. The molecule has 1 aromatic heterocycles. The molecule has 3 N–H and O–H groups in total. The van der Waals surface area contributed by atoms with Crippen LogP contribution in [0.3, 0.4) is 0 Å². The van der Waals surface area contributed by atoms with Crippen LogP contribution < -0.4 is 10.6 Å². The third-order valence-corrected chi connectivity index (χ3v) is 3.84. The van der Waals surface area contributed by atoms with E-state index in [4.69, 9.17) is 0 Å². The predicted molar refractivity (Wildman–Crippen MR) is 102 cm³/mol. The maximum atomic E-state index is 11.3. The van der Waals surface area contributed by atoms with E-state index >= 15 is 0 Å². The van der Waals surface area contributed by atoms with Gasteiger partial charge in [0.1, 0.15) is 5.82 Å². The number of aryl methyl sites for hydroxylation is 1. The summed E-state index contributed by atoms with van der Waals surface area (Å²) in [5.41, 5.74) is 1.99. The summed E-state index contributed by atoms with van der Waals surface area (Å²) in [4.78, 5) is 19.9. The molecule has 0 fully saturated rings. The number of aromatic carboxylic acids is 1. The Labute approximate surface area is 152 Å². The van der Waals surface area contributed by atoms with Gasteiger partial charge in [0.05, 0.1) is 11.3 Å². The molecule has 2 aromatic carbocycles. The molecule has 3 aromatic rings. The van der Waals surface area contributed by atoms with Crippen molar-refractivity contribution < 1.29 is 9.90 Å². The zero-order chi connectivity index (χ0) is 18.2. The third kappa shape index (κ3) is 4.80. The molecule has 0 saturated heterocycles. The van der Waals surface area contributed by atoms with Gasteiger partial charge in [0.25, 0.3) is 0 Å². The van der Waals surface area contributed by atoms with Crippen molar-refractivity contribution in [2.45, 2.75) is 12.8 Å². The second-order valence-corrected chi connectivity index (χ2v) is 5.76. The Morgan fingerprint density at radius 2 is 1.77 bits per heavy atom. The Morgan fingerprint density at radius 1 is 1.00 bits per heavy atom. The Kier molecular flexibility index (Phi) is 5.77.